The van der Waals surface area contributed by atoms with Crippen molar-refractivity contribution in [2.45, 2.75) is 26.5 Å². The molecule has 0 unspecified atom stereocenters. The second kappa shape index (κ2) is 9.51. The lowest BCUT2D eigenvalue weighted by Crippen LogP contribution is -2.37. The first kappa shape index (κ1) is 16.9. The van der Waals surface area contributed by atoms with Crippen LogP contribution in [0.1, 0.15) is 24.5 Å². The van der Waals surface area contributed by atoms with Crippen LogP contribution in [0.15, 0.2) is 59.6 Å². The molecule has 0 fully saturated rings. The molecular weight excluding hydrogens is 286 g/mol. The molecule has 0 aromatic heterocycles. The molecule has 0 aliphatic carbocycles. The average molecular weight is 311 g/mol. The van der Waals surface area contributed by atoms with Crippen molar-refractivity contribution in [3.05, 3.63) is 65.7 Å². The zero-order chi connectivity index (χ0) is 16.3. The molecule has 4 heteroatoms. The summed E-state index contributed by atoms with van der Waals surface area (Å²) in [6.45, 7) is 4.38. The van der Waals surface area contributed by atoms with Gasteiger partial charge in [-0.05, 0) is 29.7 Å². The summed E-state index contributed by atoms with van der Waals surface area (Å²) in [5.74, 6) is 1.71. The van der Waals surface area contributed by atoms with Crippen molar-refractivity contribution in [1.82, 2.24) is 10.6 Å². The molecule has 0 aliphatic heterocycles. The van der Waals surface area contributed by atoms with Crippen molar-refractivity contribution in [2.24, 2.45) is 4.99 Å². The molecule has 2 aromatic carbocycles. The zero-order valence-electron chi connectivity index (χ0n) is 13.9. The molecule has 122 valence electrons. The predicted molar refractivity (Wildman–Crippen MR) is 95.7 cm³/mol. The number of hydrogen-bond acceptors (Lipinski definition) is 2. The van der Waals surface area contributed by atoms with Crippen LogP contribution in [-0.2, 0) is 13.2 Å². The van der Waals surface area contributed by atoms with E-state index in [4.69, 9.17) is 4.74 Å². The molecule has 2 aromatic rings. The lowest BCUT2D eigenvalue weighted by atomic mass is 10.2. The number of aliphatic imine (C=N–C) groups is 1. The largest absolute Gasteiger partial charge is 0.489 e. The standard InChI is InChI=1S/C19H25N3O/c1-3-13-21-19(20-2)22-14-16-9-11-18(12-10-16)23-15-17-7-5-4-6-8-17/h4-12H,3,13-15H2,1-2H3,(H2,20,21,22). The highest BCUT2D eigenvalue weighted by atomic mass is 16.5. The molecule has 0 saturated carbocycles. The number of nitrogens with zero attached hydrogens (tertiary/aromatic N) is 1. The number of rotatable bonds is 7. The minimum absolute atomic E-state index is 0.589. The van der Waals surface area contributed by atoms with Gasteiger partial charge in [-0.15, -0.1) is 0 Å². The molecule has 2 rings (SSSR count). The smallest absolute Gasteiger partial charge is 0.191 e. The van der Waals surface area contributed by atoms with Gasteiger partial charge in [-0.1, -0.05) is 49.4 Å². The lowest BCUT2D eigenvalue weighted by Gasteiger charge is -2.11. The third kappa shape index (κ3) is 6.02. The Morgan fingerprint density at radius 1 is 0.957 bits per heavy atom. The second-order valence-corrected chi connectivity index (χ2v) is 5.27. The van der Waals surface area contributed by atoms with Crippen LogP contribution in [-0.4, -0.2) is 19.6 Å². The normalized spacial score (nSPS) is 11.1. The van der Waals surface area contributed by atoms with Gasteiger partial charge in [0.25, 0.3) is 0 Å². The van der Waals surface area contributed by atoms with Crippen LogP contribution in [0.2, 0.25) is 0 Å². The van der Waals surface area contributed by atoms with Gasteiger partial charge in [0.2, 0.25) is 0 Å². The Kier molecular flexibility index (Phi) is 6.98. The molecule has 0 heterocycles. The van der Waals surface area contributed by atoms with Gasteiger partial charge in [-0.25, -0.2) is 0 Å². The fraction of sp³-hybridized carbons (Fsp3) is 0.316. The maximum atomic E-state index is 5.79. The van der Waals surface area contributed by atoms with Crippen molar-refractivity contribution in [1.29, 1.82) is 0 Å². The van der Waals surface area contributed by atoms with Crippen LogP contribution in [0.5, 0.6) is 5.75 Å². The summed E-state index contributed by atoms with van der Waals surface area (Å²) in [7, 11) is 1.78. The Morgan fingerprint density at radius 3 is 2.35 bits per heavy atom. The zero-order valence-corrected chi connectivity index (χ0v) is 13.9. The van der Waals surface area contributed by atoms with E-state index in [-0.39, 0.29) is 0 Å². The Bertz CT molecular complexity index is 594. The van der Waals surface area contributed by atoms with E-state index in [9.17, 15) is 0 Å². The third-order valence-electron chi connectivity index (χ3n) is 3.40. The van der Waals surface area contributed by atoms with Gasteiger partial charge in [-0.2, -0.15) is 0 Å². The van der Waals surface area contributed by atoms with Crippen LogP contribution >= 0.6 is 0 Å². The molecule has 0 radical (unpaired) electrons. The van der Waals surface area contributed by atoms with E-state index in [1.807, 2.05) is 30.3 Å². The Balaban J connectivity index is 1.80. The van der Waals surface area contributed by atoms with Gasteiger partial charge >= 0.3 is 0 Å². The molecule has 0 amide bonds. The van der Waals surface area contributed by atoms with Crippen LogP contribution in [0.3, 0.4) is 0 Å². The third-order valence-corrected chi connectivity index (χ3v) is 3.40. The highest BCUT2D eigenvalue weighted by Gasteiger charge is 1.99. The van der Waals surface area contributed by atoms with Gasteiger partial charge in [0.1, 0.15) is 12.4 Å². The second-order valence-electron chi connectivity index (χ2n) is 5.27. The van der Waals surface area contributed by atoms with E-state index >= 15 is 0 Å². The van der Waals surface area contributed by atoms with Crippen molar-refractivity contribution in [3.63, 3.8) is 0 Å². The molecule has 0 spiro atoms. The van der Waals surface area contributed by atoms with E-state index in [2.05, 4.69) is 46.8 Å². The van der Waals surface area contributed by atoms with Crippen LogP contribution < -0.4 is 15.4 Å². The van der Waals surface area contributed by atoms with Crippen molar-refractivity contribution in [3.8, 4) is 5.75 Å². The minimum atomic E-state index is 0.589. The molecule has 4 nitrogen and oxygen atoms in total. The van der Waals surface area contributed by atoms with Crippen LogP contribution in [0, 0.1) is 0 Å². The van der Waals surface area contributed by atoms with E-state index in [1.165, 1.54) is 11.1 Å². The summed E-state index contributed by atoms with van der Waals surface area (Å²) in [6, 6.07) is 18.3. The number of hydrogen-bond donors (Lipinski definition) is 2. The van der Waals surface area contributed by atoms with Crippen LogP contribution in [0.25, 0.3) is 0 Å². The van der Waals surface area contributed by atoms with E-state index in [1.54, 1.807) is 7.05 Å². The highest BCUT2D eigenvalue weighted by molar-refractivity contribution is 5.79. The van der Waals surface area contributed by atoms with Crippen molar-refractivity contribution >= 4 is 5.96 Å². The number of benzene rings is 2. The summed E-state index contributed by atoms with van der Waals surface area (Å²) >= 11 is 0. The quantitative estimate of drug-likeness (QED) is 0.609. The first-order valence-corrected chi connectivity index (χ1v) is 8.02. The molecule has 23 heavy (non-hydrogen) atoms. The fourth-order valence-corrected chi connectivity index (χ4v) is 2.09. The highest BCUT2D eigenvalue weighted by Crippen LogP contribution is 2.14. The molecular formula is C19H25N3O. The summed E-state index contributed by atoms with van der Waals surface area (Å²) in [4.78, 5) is 4.19. The van der Waals surface area contributed by atoms with Crippen LogP contribution in [0.4, 0.5) is 0 Å². The summed E-state index contributed by atoms with van der Waals surface area (Å²) in [6.07, 6.45) is 1.08. The molecule has 0 aliphatic rings. The monoisotopic (exact) mass is 311 g/mol. The Labute approximate surface area is 138 Å². The molecule has 0 bridgehead atoms. The maximum absolute atomic E-state index is 5.79. The van der Waals surface area contributed by atoms with Crippen molar-refractivity contribution < 1.29 is 4.74 Å². The SMILES string of the molecule is CCCNC(=NC)NCc1ccc(OCc2ccccc2)cc1. The van der Waals surface area contributed by atoms with Gasteiger partial charge in [-0.3, -0.25) is 4.99 Å². The molecule has 2 N–H and O–H groups in total. The average Bonchev–Trinajstić information content (AvgIpc) is 2.62. The lowest BCUT2D eigenvalue weighted by molar-refractivity contribution is 0.306. The maximum Gasteiger partial charge on any atom is 0.191 e. The summed E-state index contributed by atoms with van der Waals surface area (Å²) in [5, 5.41) is 6.55. The number of nitrogens with one attached hydrogen (secondary N) is 2. The topological polar surface area (TPSA) is 45.7 Å². The van der Waals surface area contributed by atoms with E-state index in [0.717, 1.165) is 31.2 Å². The Morgan fingerprint density at radius 2 is 1.70 bits per heavy atom. The van der Waals surface area contributed by atoms with Crippen molar-refractivity contribution in [2.75, 3.05) is 13.6 Å². The fourth-order valence-electron chi connectivity index (χ4n) is 2.09. The van der Waals surface area contributed by atoms with Gasteiger partial charge in [0.15, 0.2) is 5.96 Å². The number of guanidine groups is 1. The van der Waals surface area contributed by atoms with Gasteiger partial charge < -0.3 is 15.4 Å². The molecule has 0 saturated heterocycles. The Hall–Kier alpha value is -2.49. The first-order valence-electron chi connectivity index (χ1n) is 8.02. The first-order chi connectivity index (χ1) is 11.3. The van der Waals surface area contributed by atoms with Gasteiger partial charge in [0, 0.05) is 20.1 Å². The van der Waals surface area contributed by atoms with Gasteiger partial charge in [0.05, 0.1) is 0 Å². The summed E-state index contributed by atoms with van der Waals surface area (Å²) < 4.78 is 5.79. The van der Waals surface area contributed by atoms with E-state index in [0.29, 0.717) is 6.61 Å². The number of ether oxygens (including phenoxy) is 1. The molecule has 0 atom stereocenters. The minimum Gasteiger partial charge on any atom is -0.489 e. The van der Waals surface area contributed by atoms with E-state index < -0.39 is 0 Å². The predicted octanol–water partition coefficient (Wildman–Crippen LogP) is 3.34. The summed E-state index contributed by atoms with van der Waals surface area (Å²) in [5.41, 5.74) is 2.36.